The largest absolute Gasteiger partial charge is 0.335 e. The van der Waals surface area contributed by atoms with Crippen LogP contribution >= 0.6 is 0 Å². The highest BCUT2D eigenvalue weighted by Gasteiger charge is 2.09. The number of anilines is 1. The maximum Gasteiger partial charge on any atom is 0.320 e. The summed E-state index contributed by atoms with van der Waals surface area (Å²) in [6, 6.07) is 1.89. The minimum atomic E-state index is -0.161. The Balaban J connectivity index is 2.28. The SMILES string of the molecule is CCCCCCC(C)NC(=O)Nc1cc(C)nn1C. The first-order valence-electron chi connectivity index (χ1n) is 7.11. The summed E-state index contributed by atoms with van der Waals surface area (Å²) in [5.41, 5.74) is 0.894. The lowest BCUT2D eigenvalue weighted by Gasteiger charge is -2.14. The highest BCUT2D eigenvalue weighted by molar-refractivity contribution is 5.88. The minimum absolute atomic E-state index is 0.161. The summed E-state index contributed by atoms with van der Waals surface area (Å²) in [5, 5.41) is 9.95. The molecule has 0 spiro atoms. The fraction of sp³-hybridized carbons (Fsp3) is 0.714. The van der Waals surface area contributed by atoms with Gasteiger partial charge in [0.25, 0.3) is 0 Å². The van der Waals surface area contributed by atoms with Crippen molar-refractivity contribution in [1.29, 1.82) is 0 Å². The van der Waals surface area contributed by atoms with Crippen molar-refractivity contribution in [2.24, 2.45) is 7.05 Å². The number of hydrogen-bond donors (Lipinski definition) is 2. The highest BCUT2D eigenvalue weighted by Crippen LogP contribution is 2.08. The van der Waals surface area contributed by atoms with Crippen LogP contribution in [0, 0.1) is 6.92 Å². The number of aryl methyl sites for hydroxylation is 2. The van der Waals surface area contributed by atoms with Gasteiger partial charge >= 0.3 is 6.03 Å². The molecule has 5 heteroatoms. The van der Waals surface area contributed by atoms with Crippen molar-refractivity contribution in [2.45, 2.75) is 58.9 Å². The molecule has 0 saturated carbocycles. The Morgan fingerprint density at radius 2 is 2.16 bits per heavy atom. The summed E-state index contributed by atoms with van der Waals surface area (Å²) in [5.74, 6) is 0.716. The fourth-order valence-electron chi connectivity index (χ4n) is 2.05. The maximum atomic E-state index is 11.8. The molecule has 0 aliphatic carbocycles. The Bertz CT molecular complexity index is 400. The Hall–Kier alpha value is -1.52. The van der Waals surface area contributed by atoms with Gasteiger partial charge in [0.05, 0.1) is 5.69 Å². The predicted molar refractivity (Wildman–Crippen MR) is 78.3 cm³/mol. The zero-order chi connectivity index (χ0) is 14.3. The Labute approximate surface area is 115 Å². The summed E-state index contributed by atoms with van der Waals surface area (Å²) in [4.78, 5) is 11.8. The Morgan fingerprint density at radius 3 is 2.74 bits per heavy atom. The van der Waals surface area contributed by atoms with Gasteiger partial charge in [-0.05, 0) is 20.3 Å². The minimum Gasteiger partial charge on any atom is -0.335 e. The Morgan fingerprint density at radius 1 is 1.42 bits per heavy atom. The fourth-order valence-corrected chi connectivity index (χ4v) is 2.05. The molecule has 0 aromatic carbocycles. The third kappa shape index (κ3) is 5.77. The summed E-state index contributed by atoms with van der Waals surface area (Å²) < 4.78 is 1.67. The van der Waals surface area contributed by atoms with Crippen LogP contribution in [0.4, 0.5) is 10.6 Å². The summed E-state index contributed by atoms with van der Waals surface area (Å²) in [6.45, 7) is 6.14. The van der Waals surface area contributed by atoms with Crippen molar-refractivity contribution in [3.8, 4) is 0 Å². The van der Waals surface area contributed by atoms with Gasteiger partial charge in [-0.2, -0.15) is 5.10 Å². The first-order valence-corrected chi connectivity index (χ1v) is 7.11. The van der Waals surface area contributed by atoms with Gasteiger partial charge in [-0.3, -0.25) is 10.00 Å². The summed E-state index contributed by atoms with van der Waals surface area (Å²) >= 11 is 0. The van der Waals surface area contributed by atoms with Crippen molar-refractivity contribution >= 4 is 11.8 Å². The van der Waals surface area contributed by atoms with Crippen molar-refractivity contribution in [1.82, 2.24) is 15.1 Å². The zero-order valence-corrected chi connectivity index (χ0v) is 12.5. The molecule has 0 saturated heterocycles. The molecule has 5 nitrogen and oxygen atoms in total. The van der Waals surface area contributed by atoms with E-state index in [-0.39, 0.29) is 12.1 Å². The van der Waals surface area contributed by atoms with E-state index in [0.717, 1.165) is 12.1 Å². The van der Waals surface area contributed by atoms with E-state index in [9.17, 15) is 4.79 Å². The second-order valence-electron chi connectivity index (χ2n) is 5.14. The number of aromatic nitrogens is 2. The van der Waals surface area contributed by atoms with Crippen LogP contribution in [0.5, 0.6) is 0 Å². The lowest BCUT2D eigenvalue weighted by molar-refractivity contribution is 0.248. The molecule has 0 fully saturated rings. The lowest BCUT2D eigenvalue weighted by atomic mass is 10.1. The van der Waals surface area contributed by atoms with Gasteiger partial charge in [-0.1, -0.05) is 32.6 Å². The smallest absolute Gasteiger partial charge is 0.320 e. The molecule has 2 amide bonds. The second-order valence-corrected chi connectivity index (χ2v) is 5.14. The molecule has 2 N–H and O–H groups in total. The van der Waals surface area contributed by atoms with Gasteiger partial charge in [-0.25, -0.2) is 4.79 Å². The van der Waals surface area contributed by atoms with Crippen molar-refractivity contribution in [3.05, 3.63) is 11.8 Å². The molecule has 108 valence electrons. The standard InChI is InChI=1S/C14H26N4O/c1-5-6-7-8-9-11(2)15-14(19)16-13-10-12(3)17-18(13)4/h10-11H,5-9H2,1-4H3,(H2,15,16,19). The van der Waals surface area contributed by atoms with Crippen LogP contribution in [0.2, 0.25) is 0 Å². The van der Waals surface area contributed by atoms with Crippen LogP contribution in [0.1, 0.15) is 51.6 Å². The first-order chi connectivity index (χ1) is 9.02. The normalized spacial score (nSPS) is 12.2. The summed E-state index contributed by atoms with van der Waals surface area (Å²) in [7, 11) is 1.82. The molecule has 1 aromatic rings. The number of nitrogens with zero attached hydrogens (tertiary/aromatic N) is 2. The van der Waals surface area contributed by atoms with Crippen LogP contribution < -0.4 is 10.6 Å². The van der Waals surface area contributed by atoms with Crippen LogP contribution in [0.3, 0.4) is 0 Å². The molecular formula is C14H26N4O. The lowest BCUT2D eigenvalue weighted by Crippen LogP contribution is -2.36. The molecule has 0 aliphatic heterocycles. The number of urea groups is 1. The number of unbranched alkanes of at least 4 members (excludes halogenated alkanes) is 3. The van der Waals surface area contributed by atoms with Gasteiger partial charge in [0, 0.05) is 19.2 Å². The van der Waals surface area contributed by atoms with Crippen LogP contribution in [0.15, 0.2) is 6.07 Å². The van der Waals surface area contributed by atoms with Crippen molar-refractivity contribution in [3.63, 3.8) is 0 Å². The van der Waals surface area contributed by atoms with E-state index in [1.165, 1.54) is 25.7 Å². The molecule has 1 atom stereocenters. The van der Waals surface area contributed by atoms with E-state index in [1.54, 1.807) is 4.68 Å². The third-order valence-corrected chi connectivity index (χ3v) is 3.11. The van der Waals surface area contributed by atoms with Crippen LogP contribution in [-0.2, 0) is 7.05 Å². The number of hydrogen-bond acceptors (Lipinski definition) is 2. The molecular weight excluding hydrogens is 240 g/mol. The average Bonchev–Trinajstić information content (AvgIpc) is 2.63. The van der Waals surface area contributed by atoms with Crippen LogP contribution in [-0.4, -0.2) is 21.9 Å². The number of amides is 2. The molecule has 1 unspecified atom stereocenters. The molecule has 0 aliphatic rings. The van der Waals surface area contributed by atoms with Gasteiger partial charge < -0.3 is 5.32 Å². The van der Waals surface area contributed by atoms with E-state index < -0.39 is 0 Å². The van der Waals surface area contributed by atoms with Gasteiger partial charge in [0.1, 0.15) is 5.82 Å². The van der Waals surface area contributed by atoms with E-state index in [4.69, 9.17) is 0 Å². The first kappa shape index (κ1) is 15.5. The van der Waals surface area contributed by atoms with Gasteiger partial charge in [-0.15, -0.1) is 0 Å². The number of nitrogens with one attached hydrogen (secondary N) is 2. The second kappa shape index (κ2) is 7.81. The van der Waals surface area contributed by atoms with E-state index in [0.29, 0.717) is 5.82 Å². The Kier molecular flexibility index (Phi) is 6.39. The average molecular weight is 266 g/mol. The van der Waals surface area contributed by atoms with E-state index in [2.05, 4.69) is 22.7 Å². The predicted octanol–water partition coefficient (Wildman–Crippen LogP) is 3.21. The van der Waals surface area contributed by atoms with Crippen molar-refractivity contribution in [2.75, 3.05) is 5.32 Å². The number of rotatable bonds is 7. The molecule has 0 radical (unpaired) electrons. The van der Waals surface area contributed by atoms with Gasteiger partial charge in [0.2, 0.25) is 0 Å². The quantitative estimate of drug-likeness (QED) is 0.744. The maximum absolute atomic E-state index is 11.8. The molecule has 1 aromatic heterocycles. The highest BCUT2D eigenvalue weighted by atomic mass is 16.2. The van der Waals surface area contributed by atoms with Crippen LogP contribution in [0.25, 0.3) is 0 Å². The number of carbonyl (C=O) groups excluding carboxylic acids is 1. The van der Waals surface area contributed by atoms with E-state index in [1.807, 2.05) is 27.0 Å². The topological polar surface area (TPSA) is 59.0 Å². The van der Waals surface area contributed by atoms with E-state index >= 15 is 0 Å². The zero-order valence-electron chi connectivity index (χ0n) is 12.5. The number of carbonyl (C=O) groups is 1. The molecule has 1 heterocycles. The monoisotopic (exact) mass is 266 g/mol. The molecule has 1 rings (SSSR count). The molecule has 0 bridgehead atoms. The third-order valence-electron chi connectivity index (χ3n) is 3.11. The van der Waals surface area contributed by atoms with Gasteiger partial charge in [0.15, 0.2) is 0 Å². The summed E-state index contributed by atoms with van der Waals surface area (Å²) in [6.07, 6.45) is 5.94. The van der Waals surface area contributed by atoms with Crippen molar-refractivity contribution < 1.29 is 4.79 Å². The molecule has 19 heavy (non-hydrogen) atoms.